The normalized spacial score (nSPS) is 18.1. The predicted molar refractivity (Wildman–Crippen MR) is 101 cm³/mol. The molecule has 0 N–H and O–H groups in total. The van der Waals surface area contributed by atoms with Gasteiger partial charge >= 0.3 is 0 Å². The third-order valence-corrected chi connectivity index (χ3v) is 5.21. The average molecular weight is 377 g/mol. The Kier molecular flexibility index (Phi) is 4.00. The number of nitrogens with zero attached hydrogens (tertiary/aromatic N) is 3. The van der Waals surface area contributed by atoms with E-state index in [4.69, 9.17) is 14.0 Å². The van der Waals surface area contributed by atoms with Crippen LogP contribution in [0.15, 0.2) is 47.0 Å². The summed E-state index contributed by atoms with van der Waals surface area (Å²) in [5.41, 5.74) is 2.92. The highest BCUT2D eigenvalue weighted by atomic mass is 16.7. The van der Waals surface area contributed by atoms with Crippen molar-refractivity contribution in [2.24, 2.45) is 0 Å². The van der Waals surface area contributed by atoms with Gasteiger partial charge in [-0.2, -0.15) is 4.98 Å². The molecule has 1 fully saturated rings. The van der Waals surface area contributed by atoms with Gasteiger partial charge in [0.15, 0.2) is 17.3 Å². The van der Waals surface area contributed by atoms with Crippen molar-refractivity contribution in [1.29, 1.82) is 0 Å². The van der Waals surface area contributed by atoms with Crippen LogP contribution in [0.1, 0.15) is 30.7 Å². The van der Waals surface area contributed by atoms with Crippen molar-refractivity contribution < 1.29 is 18.8 Å². The predicted octanol–water partition coefficient (Wildman–Crippen LogP) is 3.55. The molecular formula is C21H19N3O4. The van der Waals surface area contributed by atoms with Gasteiger partial charge in [0.05, 0.1) is 0 Å². The van der Waals surface area contributed by atoms with E-state index in [1.165, 1.54) is 5.56 Å². The van der Waals surface area contributed by atoms with Crippen molar-refractivity contribution >= 4 is 11.6 Å². The highest BCUT2D eigenvalue weighted by Crippen LogP contribution is 2.36. The SMILES string of the molecule is CCc1ccc(N2C[C@H](c3noc(-c4ccc5c(c4)OCO5)n3)CC2=O)cc1. The van der Waals surface area contributed by atoms with Gasteiger partial charge in [0.1, 0.15) is 0 Å². The van der Waals surface area contributed by atoms with Crippen LogP contribution in [-0.4, -0.2) is 29.4 Å². The van der Waals surface area contributed by atoms with Crippen LogP contribution in [0, 0.1) is 0 Å². The van der Waals surface area contributed by atoms with E-state index in [1.54, 1.807) is 4.90 Å². The molecule has 2 aliphatic heterocycles. The standard InChI is InChI=1S/C21H19N3O4/c1-2-13-3-6-16(7-4-13)24-11-15(10-19(24)25)20-22-21(28-23-20)14-5-8-17-18(9-14)27-12-26-17/h3-9,15H,2,10-12H2,1H3/t15-/m1/s1. The van der Waals surface area contributed by atoms with Crippen LogP contribution < -0.4 is 14.4 Å². The second kappa shape index (κ2) is 6.67. The van der Waals surface area contributed by atoms with E-state index in [-0.39, 0.29) is 18.6 Å². The first-order valence-electron chi connectivity index (χ1n) is 9.34. The first-order chi connectivity index (χ1) is 13.7. The number of amides is 1. The minimum absolute atomic E-state index is 0.0728. The minimum atomic E-state index is -0.0927. The summed E-state index contributed by atoms with van der Waals surface area (Å²) in [6, 6.07) is 13.6. The van der Waals surface area contributed by atoms with Gasteiger partial charge in [-0.1, -0.05) is 24.2 Å². The van der Waals surface area contributed by atoms with Gasteiger partial charge in [-0.25, -0.2) is 0 Å². The van der Waals surface area contributed by atoms with Gasteiger partial charge in [0, 0.05) is 30.1 Å². The van der Waals surface area contributed by atoms with Gasteiger partial charge in [0.2, 0.25) is 12.7 Å². The molecule has 0 aliphatic carbocycles. The lowest BCUT2D eigenvalue weighted by Gasteiger charge is -2.16. The van der Waals surface area contributed by atoms with Gasteiger partial charge in [0.25, 0.3) is 5.89 Å². The molecule has 0 radical (unpaired) electrons. The number of carbonyl (C=O) groups is 1. The van der Waals surface area contributed by atoms with Crippen LogP contribution in [0.5, 0.6) is 11.5 Å². The van der Waals surface area contributed by atoms with Crippen LogP contribution in [-0.2, 0) is 11.2 Å². The molecule has 1 aromatic heterocycles. The highest BCUT2D eigenvalue weighted by molar-refractivity contribution is 5.96. The number of aryl methyl sites for hydroxylation is 1. The summed E-state index contributed by atoms with van der Waals surface area (Å²) in [4.78, 5) is 18.8. The van der Waals surface area contributed by atoms with E-state index in [1.807, 2.05) is 30.3 Å². The minimum Gasteiger partial charge on any atom is -0.454 e. The Morgan fingerprint density at radius 2 is 1.93 bits per heavy atom. The quantitative estimate of drug-likeness (QED) is 0.692. The van der Waals surface area contributed by atoms with Crippen LogP contribution >= 0.6 is 0 Å². The summed E-state index contributed by atoms with van der Waals surface area (Å²) in [6.07, 6.45) is 1.35. The monoisotopic (exact) mass is 377 g/mol. The summed E-state index contributed by atoms with van der Waals surface area (Å²) >= 11 is 0. The first kappa shape index (κ1) is 16.8. The zero-order valence-corrected chi connectivity index (χ0v) is 15.4. The molecule has 142 valence electrons. The fourth-order valence-corrected chi connectivity index (χ4v) is 3.59. The molecule has 2 aromatic carbocycles. The number of benzene rings is 2. The fraction of sp³-hybridized carbons (Fsp3) is 0.286. The zero-order chi connectivity index (χ0) is 19.1. The Morgan fingerprint density at radius 3 is 2.75 bits per heavy atom. The molecule has 1 amide bonds. The summed E-state index contributed by atoms with van der Waals surface area (Å²) in [6.45, 7) is 2.87. The fourth-order valence-electron chi connectivity index (χ4n) is 3.59. The lowest BCUT2D eigenvalue weighted by Crippen LogP contribution is -2.24. The Bertz CT molecular complexity index is 1030. The molecule has 1 saturated heterocycles. The topological polar surface area (TPSA) is 77.7 Å². The molecule has 7 nitrogen and oxygen atoms in total. The van der Waals surface area contributed by atoms with Crippen molar-refractivity contribution in [3.63, 3.8) is 0 Å². The smallest absolute Gasteiger partial charge is 0.258 e. The van der Waals surface area contributed by atoms with Crippen molar-refractivity contribution in [3.8, 4) is 23.0 Å². The summed E-state index contributed by atoms with van der Waals surface area (Å²) in [5.74, 6) is 2.30. The number of ether oxygens (including phenoxy) is 2. The lowest BCUT2D eigenvalue weighted by molar-refractivity contribution is -0.117. The maximum absolute atomic E-state index is 12.5. The maximum atomic E-state index is 12.5. The van der Waals surface area contributed by atoms with E-state index < -0.39 is 0 Å². The van der Waals surface area contributed by atoms with Crippen LogP contribution in [0.3, 0.4) is 0 Å². The number of rotatable bonds is 4. The van der Waals surface area contributed by atoms with E-state index in [9.17, 15) is 4.79 Å². The number of aromatic nitrogens is 2. The Hall–Kier alpha value is -3.35. The van der Waals surface area contributed by atoms with Gasteiger partial charge in [-0.05, 0) is 42.3 Å². The Balaban J connectivity index is 1.35. The molecule has 0 bridgehead atoms. The van der Waals surface area contributed by atoms with Crippen molar-refractivity contribution in [3.05, 3.63) is 53.9 Å². The second-order valence-corrected chi connectivity index (χ2v) is 6.95. The zero-order valence-electron chi connectivity index (χ0n) is 15.4. The summed E-state index contributed by atoms with van der Waals surface area (Å²) in [5, 5.41) is 4.12. The molecule has 3 heterocycles. The Morgan fingerprint density at radius 1 is 1.11 bits per heavy atom. The van der Waals surface area contributed by atoms with Crippen LogP contribution in [0.4, 0.5) is 5.69 Å². The molecule has 2 aliphatic rings. The van der Waals surface area contributed by atoms with Crippen molar-refractivity contribution in [2.75, 3.05) is 18.2 Å². The molecule has 0 saturated carbocycles. The number of hydrogen-bond donors (Lipinski definition) is 0. The molecule has 0 spiro atoms. The van der Waals surface area contributed by atoms with E-state index >= 15 is 0 Å². The van der Waals surface area contributed by atoms with E-state index in [2.05, 4.69) is 29.2 Å². The van der Waals surface area contributed by atoms with E-state index in [0.29, 0.717) is 36.2 Å². The van der Waals surface area contributed by atoms with Crippen molar-refractivity contribution in [1.82, 2.24) is 10.1 Å². The first-order valence-corrected chi connectivity index (χ1v) is 9.34. The molecule has 5 rings (SSSR count). The molecule has 7 heteroatoms. The molecule has 1 atom stereocenters. The molecule has 3 aromatic rings. The van der Waals surface area contributed by atoms with Crippen LogP contribution in [0.25, 0.3) is 11.5 Å². The third-order valence-electron chi connectivity index (χ3n) is 5.21. The highest BCUT2D eigenvalue weighted by Gasteiger charge is 2.34. The maximum Gasteiger partial charge on any atom is 0.258 e. The lowest BCUT2D eigenvalue weighted by atomic mass is 10.1. The van der Waals surface area contributed by atoms with Crippen molar-refractivity contribution in [2.45, 2.75) is 25.7 Å². The van der Waals surface area contributed by atoms with Gasteiger partial charge in [-0.3, -0.25) is 4.79 Å². The van der Waals surface area contributed by atoms with Gasteiger partial charge in [-0.15, -0.1) is 0 Å². The summed E-state index contributed by atoms with van der Waals surface area (Å²) < 4.78 is 16.2. The van der Waals surface area contributed by atoms with Gasteiger partial charge < -0.3 is 18.9 Å². The average Bonchev–Trinajstić information content (AvgIpc) is 3.46. The van der Waals surface area contributed by atoms with Crippen LogP contribution in [0.2, 0.25) is 0 Å². The largest absolute Gasteiger partial charge is 0.454 e. The third kappa shape index (κ3) is 2.89. The number of fused-ring (bicyclic) bond motifs is 1. The number of carbonyl (C=O) groups excluding carboxylic acids is 1. The molecule has 0 unspecified atom stereocenters. The Labute approximate surface area is 161 Å². The number of hydrogen-bond acceptors (Lipinski definition) is 6. The second-order valence-electron chi connectivity index (χ2n) is 6.95. The molecular weight excluding hydrogens is 358 g/mol. The summed E-state index contributed by atoms with van der Waals surface area (Å²) in [7, 11) is 0. The number of anilines is 1. The van der Waals surface area contributed by atoms with E-state index in [0.717, 1.165) is 17.7 Å². The molecule has 28 heavy (non-hydrogen) atoms.